The van der Waals surface area contributed by atoms with Crippen molar-refractivity contribution in [2.24, 2.45) is 0 Å². The second-order valence-corrected chi connectivity index (χ2v) is 2.45. The zero-order chi connectivity index (χ0) is 9.00. The van der Waals surface area contributed by atoms with Gasteiger partial charge in [0, 0.05) is 20.8 Å². The van der Waals surface area contributed by atoms with Gasteiger partial charge in [0.05, 0.1) is 0 Å². The molecule has 13 heteroatoms. The number of hydrogen-bond acceptors (Lipinski definition) is 8. The summed E-state index contributed by atoms with van der Waals surface area (Å²) in [6.45, 7) is 0. The molecule has 64 valence electrons. The molecule has 0 aliphatic heterocycles. The van der Waals surface area contributed by atoms with Crippen LogP contribution in [0.5, 0.6) is 0 Å². The minimum atomic E-state index is -5.17. The predicted molar refractivity (Wildman–Crippen MR) is 20.9 cm³/mol. The van der Waals surface area contributed by atoms with Gasteiger partial charge < -0.3 is 18.2 Å². The molecular formula is CdK2O8S2. The summed E-state index contributed by atoms with van der Waals surface area (Å²) in [6.07, 6.45) is 0. The van der Waals surface area contributed by atoms with Crippen LogP contribution in [0.4, 0.5) is 0 Å². The Kier molecular flexibility index (Phi) is 32.5. The molecular weight excluding hydrogens is 383 g/mol. The maximum Gasteiger partial charge on any atom is 2.00 e. The second-order valence-electron chi connectivity index (χ2n) is 0.816. The zero-order valence-corrected chi connectivity index (χ0v) is 18.7. The molecule has 0 atom stereocenters. The fourth-order valence-electron chi connectivity index (χ4n) is 0. The molecule has 0 aromatic rings. The Morgan fingerprint density at radius 3 is 0.615 bits per heavy atom. The molecule has 0 unspecified atom stereocenters. The summed E-state index contributed by atoms with van der Waals surface area (Å²) in [4.78, 5) is 0. The van der Waals surface area contributed by atoms with Crippen LogP contribution in [0.1, 0.15) is 0 Å². The van der Waals surface area contributed by atoms with E-state index in [-0.39, 0.29) is 130 Å². The van der Waals surface area contributed by atoms with Gasteiger partial charge in [-0.15, -0.1) is 0 Å². The molecule has 0 aromatic heterocycles. The maximum atomic E-state index is 8.52. The molecule has 0 radical (unpaired) electrons. The van der Waals surface area contributed by atoms with E-state index in [9.17, 15) is 0 Å². The van der Waals surface area contributed by atoms with Crippen LogP contribution in [-0.4, -0.2) is 35.0 Å². The summed E-state index contributed by atoms with van der Waals surface area (Å²) in [7, 11) is -10.3. The van der Waals surface area contributed by atoms with Gasteiger partial charge in [-0.1, -0.05) is 0 Å². The molecule has 0 aliphatic carbocycles. The minimum Gasteiger partial charge on any atom is -0.759 e. The normalized spacial score (nSPS) is 8.92. The molecule has 8 nitrogen and oxygen atoms in total. The van der Waals surface area contributed by atoms with Crippen molar-refractivity contribution in [2.75, 3.05) is 0 Å². The van der Waals surface area contributed by atoms with Crippen molar-refractivity contribution < 1.29 is 165 Å². The first-order chi connectivity index (χ1) is 4.00. The van der Waals surface area contributed by atoms with Crippen LogP contribution in [0, 0.1) is 0 Å². The maximum absolute atomic E-state index is 8.52. The van der Waals surface area contributed by atoms with Crippen molar-refractivity contribution in [2.45, 2.75) is 0 Å². The minimum absolute atomic E-state index is 0. The van der Waals surface area contributed by atoms with Crippen molar-refractivity contribution in [3.8, 4) is 0 Å². The third-order valence-electron chi connectivity index (χ3n) is 0. The van der Waals surface area contributed by atoms with Gasteiger partial charge in [0.15, 0.2) is 0 Å². The second kappa shape index (κ2) is 14.0. The van der Waals surface area contributed by atoms with Crippen LogP contribution >= 0.6 is 0 Å². The Morgan fingerprint density at radius 2 is 0.615 bits per heavy atom. The van der Waals surface area contributed by atoms with Gasteiger partial charge in [0.2, 0.25) is 0 Å². The van der Waals surface area contributed by atoms with Gasteiger partial charge >= 0.3 is 130 Å². The van der Waals surface area contributed by atoms with E-state index in [1.807, 2.05) is 0 Å². The molecule has 0 rings (SSSR count). The summed E-state index contributed by atoms with van der Waals surface area (Å²) < 4.78 is 68.2. The van der Waals surface area contributed by atoms with Crippen LogP contribution in [0.3, 0.4) is 0 Å². The molecule has 0 saturated carbocycles. The van der Waals surface area contributed by atoms with E-state index in [1.54, 1.807) is 0 Å². The van der Waals surface area contributed by atoms with Crippen LogP contribution in [0.25, 0.3) is 0 Å². The number of rotatable bonds is 0. The van der Waals surface area contributed by atoms with E-state index in [4.69, 9.17) is 35.0 Å². The van der Waals surface area contributed by atoms with Gasteiger partial charge in [-0.3, -0.25) is 16.8 Å². The zero-order valence-electron chi connectivity index (χ0n) is 6.79. The van der Waals surface area contributed by atoms with Crippen molar-refractivity contribution in [1.29, 1.82) is 0 Å². The topological polar surface area (TPSA) is 161 Å². The van der Waals surface area contributed by atoms with Crippen LogP contribution in [0.2, 0.25) is 0 Å². The third-order valence-corrected chi connectivity index (χ3v) is 0. The van der Waals surface area contributed by atoms with E-state index < -0.39 is 20.8 Å². The van der Waals surface area contributed by atoms with E-state index >= 15 is 0 Å². The van der Waals surface area contributed by atoms with E-state index in [1.165, 1.54) is 0 Å². The number of hydrogen-bond donors (Lipinski definition) is 0. The summed E-state index contributed by atoms with van der Waals surface area (Å²) in [6, 6.07) is 0. The summed E-state index contributed by atoms with van der Waals surface area (Å²) in [5.74, 6) is 0. The average Bonchev–Trinajstić information content (AvgIpc) is 1.12. The molecule has 0 bridgehead atoms. The SMILES string of the molecule is O=S(=O)([O-])[O-].O=S(=O)([O-])[O-].[Cd+2].[K+].[K+]. The van der Waals surface area contributed by atoms with Crippen molar-refractivity contribution in [3.05, 3.63) is 0 Å². The van der Waals surface area contributed by atoms with Gasteiger partial charge in [0.1, 0.15) is 0 Å². The molecule has 0 aromatic carbocycles. The molecule has 0 aliphatic rings. The first-order valence-corrected chi connectivity index (χ1v) is 4.00. The first-order valence-electron chi connectivity index (χ1n) is 1.33. The van der Waals surface area contributed by atoms with E-state index in [0.29, 0.717) is 0 Å². The van der Waals surface area contributed by atoms with Crippen LogP contribution in [0.15, 0.2) is 0 Å². The Morgan fingerprint density at radius 1 is 0.615 bits per heavy atom. The summed E-state index contributed by atoms with van der Waals surface area (Å²) in [5.41, 5.74) is 0. The standard InChI is InChI=1S/Cd.2K.2H2O4S/c;;;2*1-5(2,3)4/h;;;2*(H2,1,2,3,4)/q+2;2*+1;;/p-4. The Bertz CT molecular complexity index is 217. The van der Waals surface area contributed by atoms with Crippen LogP contribution in [-0.2, 0) is 48.1 Å². The van der Waals surface area contributed by atoms with Gasteiger partial charge in [0.25, 0.3) is 0 Å². The molecule has 0 N–H and O–H groups in total. The van der Waals surface area contributed by atoms with E-state index in [2.05, 4.69) is 0 Å². The van der Waals surface area contributed by atoms with Gasteiger partial charge in [-0.25, -0.2) is 0 Å². The fraction of sp³-hybridized carbons (Fsp3) is 0. The van der Waals surface area contributed by atoms with Crippen molar-refractivity contribution in [1.82, 2.24) is 0 Å². The van der Waals surface area contributed by atoms with E-state index in [0.717, 1.165) is 0 Å². The quantitative estimate of drug-likeness (QED) is 0.227. The Balaban J connectivity index is -0.0000000267. The smallest absolute Gasteiger partial charge is 0.759 e. The van der Waals surface area contributed by atoms with Crippen LogP contribution < -0.4 is 103 Å². The van der Waals surface area contributed by atoms with Crippen molar-refractivity contribution >= 4 is 20.8 Å². The predicted octanol–water partition coefficient (Wildman–Crippen LogP) is -8.67. The fourth-order valence-corrected chi connectivity index (χ4v) is 0. The molecule has 13 heavy (non-hydrogen) atoms. The molecule has 0 fully saturated rings. The molecule has 0 spiro atoms. The Hall–Kier alpha value is 3.93. The molecule has 0 heterocycles. The van der Waals surface area contributed by atoms with Gasteiger partial charge in [-0.2, -0.15) is 0 Å². The van der Waals surface area contributed by atoms with Gasteiger partial charge in [-0.05, 0) is 0 Å². The Labute approximate surface area is 181 Å². The summed E-state index contributed by atoms with van der Waals surface area (Å²) in [5, 5.41) is 0. The molecule has 0 amide bonds. The largest absolute Gasteiger partial charge is 2.00 e. The monoisotopic (exact) mass is 384 g/mol. The average molecular weight is 383 g/mol. The van der Waals surface area contributed by atoms with Crippen molar-refractivity contribution in [3.63, 3.8) is 0 Å². The third kappa shape index (κ3) is 200. The first kappa shape index (κ1) is 30.2. The summed E-state index contributed by atoms with van der Waals surface area (Å²) >= 11 is 0. The molecule has 0 saturated heterocycles.